The summed E-state index contributed by atoms with van der Waals surface area (Å²) in [6, 6.07) is 0.881. The molecular formula is C11H32O3Si4. The van der Waals surface area contributed by atoms with E-state index in [1.54, 1.807) is 0 Å². The van der Waals surface area contributed by atoms with E-state index in [4.69, 9.17) is 13.3 Å². The lowest BCUT2D eigenvalue weighted by atomic mass is 10.7. The Morgan fingerprint density at radius 2 is 0.889 bits per heavy atom. The van der Waals surface area contributed by atoms with Crippen molar-refractivity contribution in [2.75, 3.05) is 0 Å². The molecule has 0 aliphatic heterocycles. The van der Waals surface area contributed by atoms with Crippen molar-refractivity contribution in [3.05, 3.63) is 0 Å². The van der Waals surface area contributed by atoms with Gasteiger partial charge in [-0.15, -0.1) is 0 Å². The summed E-state index contributed by atoms with van der Waals surface area (Å²) in [5, 5.41) is 0. The minimum Gasteiger partial charge on any atom is -0.371 e. The zero-order valence-corrected chi connectivity index (χ0v) is 18.9. The summed E-state index contributed by atoms with van der Waals surface area (Å²) in [6.45, 7) is 19.8. The fourth-order valence-electron chi connectivity index (χ4n) is 1.68. The summed E-state index contributed by atoms with van der Waals surface area (Å²) < 4.78 is 19.0. The molecule has 0 heterocycles. The van der Waals surface area contributed by atoms with Gasteiger partial charge in [0, 0.05) is 16.3 Å². The van der Waals surface area contributed by atoms with Gasteiger partial charge in [-0.3, -0.25) is 0 Å². The van der Waals surface area contributed by atoms with Crippen molar-refractivity contribution < 1.29 is 13.3 Å². The van der Waals surface area contributed by atoms with Gasteiger partial charge in [0.05, 0.1) is 0 Å². The van der Waals surface area contributed by atoms with Gasteiger partial charge < -0.3 is 13.3 Å². The highest BCUT2D eigenvalue weighted by atomic mass is 28.4. The van der Waals surface area contributed by atoms with Crippen LogP contribution in [0.15, 0.2) is 0 Å². The zero-order valence-electron chi connectivity index (χ0n) is 13.9. The van der Waals surface area contributed by atoms with E-state index in [1.807, 2.05) is 0 Å². The van der Waals surface area contributed by atoms with Crippen molar-refractivity contribution in [2.24, 2.45) is 0 Å². The second kappa shape index (κ2) is 6.02. The van der Waals surface area contributed by atoms with Gasteiger partial charge in [0.25, 0.3) is 5.97 Å². The summed E-state index contributed by atoms with van der Waals surface area (Å²) in [5.41, 5.74) is 0. The lowest BCUT2D eigenvalue weighted by molar-refractivity contribution is -0.255. The van der Waals surface area contributed by atoms with Crippen molar-refractivity contribution in [3.8, 4) is 0 Å². The molecule has 0 atom stereocenters. The maximum Gasteiger partial charge on any atom is 0.251 e. The molecule has 0 radical (unpaired) electrons. The summed E-state index contributed by atoms with van der Waals surface area (Å²) in [6.07, 6.45) is 0. The number of hydrogen-bond acceptors (Lipinski definition) is 3. The van der Waals surface area contributed by atoms with Gasteiger partial charge in [0.2, 0.25) is 0 Å². The molecule has 0 bridgehead atoms. The average Bonchev–Trinajstić information content (AvgIpc) is 1.93. The molecule has 0 aliphatic rings. The maximum absolute atomic E-state index is 6.33. The van der Waals surface area contributed by atoms with E-state index in [2.05, 4.69) is 58.9 Å². The molecule has 0 fully saturated rings. The topological polar surface area (TPSA) is 27.7 Å². The molecule has 0 rings (SSSR count). The molecule has 0 spiro atoms. The first-order valence-corrected chi connectivity index (χ1v) is 18.4. The van der Waals surface area contributed by atoms with E-state index in [-0.39, 0.29) is 0 Å². The molecule has 0 saturated carbocycles. The van der Waals surface area contributed by atoms with E-state index >= 15 is 0 Å². The van der Waals surface area contributed by atoms with Crippen LogP contribution in [0.1, 0.15) is 0 Å². The van der Waals surface area contributed by atoms with Gasteiger partial charge in [-0.1, -0.05) is 0 Å². The predicted molar refractivity (Wildman–Crippen MR) is 90.8 cm³/mol. The SMILES string of the molecule is C[Si](C)(C)OC(C[SiH3])(O[Si](C)(C)C)O[Si](C)(C)C. The normalized spacial score (nSPS) is 15.2. The predicted octanol–water partition coefficient (Wildman–Crippen LogP) is 2.98. The quantitative estimate of drug-likeness (QED) is 0.532. The highest BCUT2D eigenvalue weighted by molar-refractivity contribution is 6.72. The molecule has 0 saturated heterocycles. The van der Waals surface area contributed by atoms with Crippen molar-refractivity contribution >= 4 is 35.2 Å². The number of hydrogen-bond donors (Lipinski definition) is 0. The highest BCUT2D eigenvalue weighted by Crippen LogP contribution is 2.31. The smallest absolute Gasteiger partial charge is 0.251 e. The highest BCUT2D eigenvalue weighted by Gasteiger charge is 2.43. The van der Waals surface area contributed by atoms with Crippen LogP contribution in [-0.2, 0) is 13.3 Å². The Hall–Kier alpha value is 0.748. The Kier molecular flexibility index (Phi) is 6.27. The second-order valence-corrected chi connectivity index (χ2v) is 21.7. The largest absolute Gasteiger partial charge is 0.371 e. The standard InChI is InChI=1S/C11H32O3Si4/c1-16(2,3)12-11(10-15,13-17(4,5)6)14-18(7,8)9/h10H2,1-9,15H3. The van der Waals surface area contributed by atoms with Crippen LogP contribution in [0.4, 0.5) is 0 Å². The van der Waals surface area contributed by atoms with E-state index < -0.39 is 30.9 Å². The van der Waals surface area contributed by atoms with E-state index in [0.717, 1.165) is 16.3 Å². The van der Waals surface area contributed by atoms with Crippen LogP contribution in [0.5, 0.6) is 0 Å². The molecule has 0 amide bonds. The van der Waals surface area contributed by atoms with Crippen LogP contribution < -0.4 is 0 Å². The molecule has 110 valence electrons. The molecule has 18 heavy (non-hydrogen) atoms. The summed E-state index contributed by atoms with van der Waals surface area (Å²) in [7, 11) is -4.07. The van der Waals surface area contributed by atoms with Crippen LogP contribution >= 0.6 is 0 Å². The van der Waals surface area contributed by atoms with Crippen LogP contribution in [0.25, 0.3) is 0 Å². The Bertz CT molecular complexity index is 222. The summed E-state index contributed by atoms with van der Waals surface area (Å²) >= 11 is 0. The molecule has 0 aromatic rings. The van der Waals surface area contributed by atoms with Crippen LogP contribution in [0.3, 0.4) is 0 Å². The average molecular weight is 325 g/mol. The van der Waals surface area contributed by atoms with E-state index in [1.165, 1.54) is 0 Å². The molecule has 7 heteroatoms. The fraction of sp³-hybridized carbons (Fsp3) is 1.00. The van der Waals surface area contributed by atoms with Gasteiger partial charge in [0.15, 0.2) is 25.0 Å². The minimum absolute atomic E-state index is 0.758. The van der Waals surface area contributed by atoms with Gasteiger partial charge in [-0.25, -0.2) is 0 Å². The Morgan fingerprint density at radius 1 is 0.667 bits per heavy atom. The van der Waals surface area contributed by atoms with Crippen LogP contribution in [-0.4, -0.2) is 41.2 Å². The molecule has 0 unspecified atom stereocenters. The molecule has 0 N–H and O–H groups in total. The third-order valence-corrected chi connectivity index (χ3v) is 5.45. The van der Waals surface area contributed by atoms with Crippen LogP contribution in [0.2, 0.25) is 65.0 Å². The van der Waals surface area contributed by atoms with Crippen molar-refractivity contribution in [1.29, 1.82) is 0 Å². The van der Waals surface area contributed by atoms with E-state index in [0.29, 0.717) is 0 Å². The third kappa shape index (κ3) is 8.78. The molecule has 3 nitrogen and oxygen atoms in total. The monoisotopic (exact) mass is 324 g/mol. The Labute approximate surface area is 119 Å². The molecule has 0 aromatic carbocycles. The van der Waals surface area contributed by atoms with Crippen molar-refractivity contribution in [2.45, 2.75) is 70.9 Å². The maximum atomic E-state index is 6.33. The van der Waals surface area contributed by atoms with Crippen LogP contribution in [0, 0.1) is 0 Å². The van der Waals surface area contributed by atoms with Crippen molar-refractivity contribution in [1.82, 2.24) is 0 Å². The first-order chi connectivity index (χ1) is 7.68. The number of rotatable bonds is 7. The summed E-state index contributed by atoms with van der Waals surface area (Å²) in [5.74, 6) is -0.758. The van der Waals surface area contributed by atoms with E-state index in [9.17, 15) is 0 Å². The van der Waals surface area contributed by atoms with Gasteiger partial charge in [-0.05, 0) is 58.9 Å². The minimum atomic E-state index is -1.70. The summed E-state index contributed by atoms with van der Waals surface area (Å²) in [4.78, 5) is 0. The second-order valence-electron chi connectivity index (χ2n) is 7.68. The Balaban J connectivity index is 5.20. The molecule has 0 aliphatic carbocycles. The first-order valence-electron chi connectivity index (χ1n) is 6.79. The first kappa shape index (κ1) is 18.7. The molecule has 0 aromatic heterocycles. The Morgan fingerprint density at radius 3 is 1.00 bits per heavy atom. The third-order valence-electron chi connectivity index (χ3n) is 1.82. The lowest BCUT2D eigenvalue weighted by Gasteiger charge is -2.45. The van der Waals surface area contributed by atoms with Gasteiger partial charge in [-0.2, -0.15) is 0 Å². The van der Waals surface area contributed by atoms with Gasteiger partial charge in [0.1, 0.15) is 0 Å². The zero-order chi connectivity index (χ0) is 14.8. The van der Waals surface area contributed by atoms with Gasteiger partial charge >= 0.3 is 0 Å². The van der Waals surface area contributed by atoms with Crippen molar-refractivity contribution in [3.63, 3.8) is 0 Å². The fourth-order valence-corrected chi connectivity index (χ4v) is 6.71. The lowest BCUT2D eigenvalue weighted by Crippen LogP contribution is -2.55. The molecular weight excluding hydrogens is 292 g/mol.